The molecule has 0 unspecified atom stereocenters. The van der Waals surface area contributed by atoms with Crippen LogP contribution in [-0.2, 0) is 21.4 Å². The number of hydrogen-bond acceptors (Lipinski definition) is 2. The summed E-state index contributed by atoms with van der Waals surface area (Å²) >= 11 is 0. The van der Waals surface area contributed by atoms with Crippen LogP contribution in [0.25, 0.3) is 0 Å². The topological polar surface area (TPSA) is 34.1 Å². The maximum atomic E-state index is 12.1. The van der Waals surface area contributed by atoms with Gasteiger partial charge in [0.05, 0.1) is 5.41 Å². The van der Waals surface area contributed by atoms with Gasteiger partial charge in [-0.05, 0) is 30.9 Å². The van der Waals surface area contributed by atoms with Gasteiger partial charge in [0.1, 0.15) is 12.1 Å². The fourth-order valence-electron chi connectivity index (χ4n) is 2.57. The number of Topliss-reactive ketones (excluding diaryl/α,β-unsaturated/α-hetero) is 1. The molecule has 0 radical (unpaired) electrons. The second-order valence-electron chi connectivity index (χ2n) is 4.62. The molecular formula is C14H16O2. The van der Waals surface area contributed by atoms with E-state index in [9.17, 15) is 9.59 Å². The minimum atomic E-state index is -0.449. The summed E-state index contributed by atoms with van der Waals surface area (Å²) in [5, 5.41) is 0. The van der Waals surface area contributed by atoms with Crippen LogP contribution in [0.15, 0.2) is 24.3 Å². The van der Waals surface area contributed by atoms with E-state index in [-0.39, 0.29) is 5.78 Å². The molecule has 0 saturated heterocycles. The first-order valence-corrected chi connectivity index (χ1v) is 5.74. The second-order valence-corrected chi connectivity index (χ2v) is 4.62. The Hall–Kier alpha value is -1.44. The average molecular weight is 216 g/mol. The first kappa shape index (κ1) is 11.1. The highest BCUT2D eigenvalue weighted by Gasteiger charge is 2.38. The molecule has 1 aromatic carbocycles. The van der Waals surface area contributed by atoms with Gasteiger partial charge in [-0.1, -0.05) is 24.3 Å². The summed E-state index contributed by atoms with van der Waals surface area (Å²) in [5.41, 5.74) is 1.93. The van der Waals surface area contributed by atoms with Gasteiger partial charge in [0.15, 0.2) is 0 Å². The van der Waals surface area contributed by atoms with Crippen molar-refractivity contribution in [1.82, 2.24) is 0 Å². The van der Waals surface area contributed by atoms with E-state index in [2.05, 4.69) is 6.07 Å². The van der Waals surface area contributed by atoms with E-state index >= 15 is 0 Å². The zero-order valence-electron chi connectivity index (χ0n) is 9.53. The van der Waals surface area contributed by atoms with Gasteiger partial charge in [-0.2, -0.15) is 0 Å². The van der Waals surface area contributed by atoms with Gasteiger partial charge in [0.2, 0.25) is 0 Å². The Morgan fingerprint density at radius 3 is 2.81 bits per heavy atom. The molecule has 0 heterocycles. The molecule has 1 aliphatic rings. The fourth-order valence-corrected chi connectivity index (χ4v) is 2.57. The van der Waals surface area contributed by atoms with E-state index < -0.39 is 5.41 Å². The van der Waals surface area contributed by atoms with Gasteiger partial charge in [0.25, 0.3) is 0 Å². The lowest BCUT2D eigenvalue weighted by Gasteiger charge is -2.34. The van der Waals surface area contributed by atoms with Gasteiger partial charge in [-0.3, -0.25) is 4.79 Å². The zero-order valence-corrected chi connectivity index (χ0v) is 9.53. The van der Waals surface area contributed by atoms with E-state index in [1.165, 1.54) is 5.56 Å². The average Bonchev–Trinajstić information content (AvgIpc) is 2.32. The van der Waals surface area contributed by atoms with Crippen molar-refractivity contribution < 1.29 is 9.59 Å². The van der Waals surface area contributed by atoms with Gasteiger partial charge in [-0.15, -0.1) is 0 Å². The number of hydrogen-bond donors (Lipinski definition) is 0. The molecule has 0 fully saturated rings. The normalized spacial score (nSPS) is 23.9. The van der Waals surface area contributed by atoms with E-state index in [1.54, 1.807) is 0 Å². The van der Waals surface area contributed by atoms with Crippen molar-refractivity contribution in [1.29, 1.82) is 0 Å². The van der Waals surface area contributed by atoms with Crippen LogP contribution < -0.4 is 0 Å². The van der Waals surface area contributed by atoms with Crippen LogP contribution >= 0.6 is 0 Å². The van der Waals surface area contributed by atoms with Crippen LogP contribution in [-0.4, -0.2) is 12.1 Å². The SMILES string of the molecule is C[C@]1(CCC=O)C(=O)CCc2ccccc21. The molecule has 0 amide bonds. The predicted octanol–water partition coefficient (Wildman–Crippen LogP) is 2.44. The second kappa shape index (κ2) is 4.20. The Morgan fingerprint density at radius 2 is 2.06 bits per heavy atom. The molecule has 1 aliphatic carbocycles. The standard InChI is InChI=1S/C14H16O2/c1-14(9-4-10-15)12-6-3-2-5-11(12)7-8-13(14)16/h2-3,5-6,10H,4,7-9H2,1H3/t14-/m1/s1. The van der Waals surface area contributed by atoms with Gasteiger partial charge < -0.3 is 4.79 Å². The lowest BCUT2D eigenvalue weighted by molar-refractivity contribution is -0.125. The lowest BCUT2D eigenvalue weighted by atomic mass is 9.68. The summed E-state index contributed by atoms with van der Waals surface area (Å²) in [4.78, 5) is 22.6. The largest absolute Gasteiger partial charge is 0.303 e. The molecule has 2 heteroatoms. The third-order valence-electron chi connectivity index (χ3n) is 3.61. The van der Waals surface area contributed by atoms with Crippen molar-refractivity contribution in [3.8, 4) is 0 Å². The van der Waals surface area contributed by atoms with Crippen molar-refractivity contribution in [3.05, 3.63) is 35.4 Å². The fraction of sp³-hybridized carbons (Fsp3) is 0.429. The molecular weight excluding hydrogens is 200 g/mol. The Bertz CT molecular complexity index is 422. The summed E-state index contributed by atoms with van der Waals surface area (Å²) in [5.74, 6) is 0.271. The molecule has 0 spiro atoms. The maximum absolute atomic E-state index is 12.1. The van der Waals surface area contributed by atoms with E-state index in [0.717, 1.165) is 18.3 Å². The third kappa shape index (κ3) is 1.69. The number of benzene rings is 1. The van der Waals surface area contributed by atoms with E-state index in [1.807, 2.05) is 25.1 Å². The molecule has 0 saturated carbocycles. The van der Waals surface area contributed by atoms with Crippen LogP contribution in [0.3, 0.4) is 0 Å². The predicted molar refractivity (Wildman–Crippen MR) is 62.4 cm³/mol. The summed E-state index contributed by atoms with van der Waals surface area (Å²) in [6.45, 7) is 1.97. The van der Waals surface area contributed by atoms with E-state index in [4.69, 9.17) is 0 Å². The third-order valence-corrected chi connectivity index (χ3v) is 3.61. The van der Waals surface area contributed by atoms with Crippen molar-refractivity contribution in [2.45, 2.75) is 38.0 Å². The van der Waals surface area contributed by atoms with Crippen molar-refractivity contribution >= 4 is 12.1 Å². The lowest BCUT2D eigenvalue weighted by Crippen LogP contribution is -2.37. The Morgan fingerprint density at radius 1 is 1.31 bits per heavy atom. The molecule has 84 valence electrons. The maximum Gasteiger partial charge on any atom is 0.143 e. The quantitative estimate of drug-likeness (QED) is 0.727. The number of rotatable bonds is 3. The molecule has 0 aromatic heterocycles. The summed E-state index contributed by atoms with van der Waals surface area (Å²) in [6.07, 6.45) is 3.43. The first-order chi connectivity index (χ1) is 7.68. The molecule has 0 N–H and O–H groups in total. The van der Waals surface area contributed by atoms with Crippen LogP contribution in [0.5, 0.6) is 0 Å². The van der Waals surface area contributed by atoms with Crippen LogP contribution in [0.2, 0.25) is 0 Å². The molecule has 1 atom stereocenters. The molecule has 0 bridgehead atoms. The highest BCUT2D eigenvalue weighted by Crippen LogP contribution is 2.37. The Labute approximate surface area is 95.7 Å². The molecule has 16 heavy (non-hydrogen) atoms. The molecule has 0 aliphatic heterocycles. The monoisotopic (exact) mass is 216 g/mol. The Kier molecular flexibility index (Phi) is 2.90. The number of ketones is 1. The molecule has 2 rings (SSSR count). The van der Waals surface area contributed by atoms with E-state index in [0.29, 0.717) is 19.3 Å². The number of carbonyl (C=O) groups excluding carboxylic acids is 2. The van der Waals surface area contributed by atoms with Crippen molar-refractivity contribution in [3.63, 3.8) is 0 Å². The van der Waals surface area contributed by atoms with Crippen LogP contribution in [0, 0.1) is 0 Å². The summed E-state index contributed by atoms with van der Waals surface area (Å²) < 4.78 is 0. The van der Waals surface area contributed by atoms with Gasteiger partial charge >= 0.3 is 0 Å². The smallest absolute Gasteiger partial charge is 0.143 e. The minimum absolute atomic E-state index is 0.271. The Balaban J connectivity index is 2.43. The van der Waals surface area contributed by atoms with Gasteiger partial charge in [-0.25, -0.2) is 0 Å². The highest BCUT2D eigenvalue weighted by molar-refractivity contribution is 5.92. The number of carbonyl (C=O) groups is 2. The molecule has 1 aromatic rings. The van der Waals surface area contributed by atoms with Gasteiger partial charge in [0, 0.05) is 12.8 Å². The highest BCUT2D eigenvalue weighted by atomic mass is 16.1. The van der Waals surface area contributed by atoms with Crippen molar-refractivity contribution in [2.75, 3.05) is 0 Å². The summed E-state index contributed by atoms with van der Waals surface area (Å²) in [6, 6.07) is 8.09. The number of fused-ring (bicyclic) bond motifs is 1. The zero-order chi connectivity index (χ0) is 11.6. The number of aldehydes is 1. The van der Waals surface area contributed by atoms with Crippen molar-refractivity contribution in [2.24, 2.45) is 0 Å². The van der Waals surface area contributed by atoms with Crippen LogP contribution in [0.4, 0.5) is 0 Å². The summed E-state index contributed by atoms with van der Waals surface area (Å²) in [7, 11) is 0. The number of aryl methyl sites for hydroxylation is 1. The minimum Gasteiger partial charge on any atom is -0.303 e. The first-order valence-electron chi connectivity index (χ1n) is 5.74. The van der Waals surface area contributed by atoms with Crippen LogP contribution in [0.1, 0.15) is 37.3 Å². The molecule has 2 nitrogen and oxygen atoms in total.